The molecule has 0 aromatic heterocycles. The van der Waals surface area contributed by atoms with Gasteiger partial charge in [0, 0.05) is 14.5 Å². The number of hydrogen-bond donors (Lipinski definition) is 0. The Labute approximate surface area is 202 Å². The van der Waals surface area contributed by atoms with Crippen molar-refractivity contribution in [2.24, 2.45) is 0 Å². The summed E-state index contributed by atoms with van der Waals surface area (Å²) in [5, 5.41) is 1.54. The Kier molecular flexibility index (Phi) is 6.10. The lowest BCUT2D eigenvalue weighted by Crippen LogP contribution is -2.04. The quantitative estimate of drug-likeness (QED) is 0.322. The predicted octanol–water partition coefficient (Wildman–Crippen LogP) is 9.29. The average molecular weight is 510 g/mol. The molecule has 0 radical (unpaired) electrons. The molecule has 31 heavy (non-hydrogen) atoms. The van der Waals surface area contributed by atoms with E-state index < -0.39 is 0 Å². The van der Waals surface area contributed by atoms with Gasteiger partial charge < -0.3 is 0 Å². The number of halogens is 3. The minimum Gasteiger partial charge on any atom is -0.0843 e. The largest absolute Gasteiger partial charge is 0.0843 e. The van der Waals surface area contributed by atoms with Crippen LogP contribution in [-0.2, 0) is 12.8 Å². The highest BCUT2D eigenvalue weighted by atomic mass is 79.9. The number of benzene rings is 3. The van der Waals surface area contributed by atoms with Gasteiger partial charge in [-0.1, -0.05) is 65.7 Å². The van der Waals surface area contributed by atoms with E-state index in [2.05, 4.69) is 58.4 Å². The van der Waals surface area contributed by atoms with E-state index >= 15 is 0 Å². The molecule has 0 heterocycles. The van der Waals surface area contributed by atoms with Crippen molar-refractivity contribution in [1.82, 2.24) is 0 Å². The van der Waals surface area contributed by atoms with E-state index in [-0.39, 0.29) is 0 Å². The Balaban J connectivity index is 1.73. The second-order valence-corrected chi connectivity index (χ2v) is 9.96. The molecule has 0 nitrogen and oxygen atoms in total. The summed E-state index contributed by atoms with van der Waals surface area (Å²) in [5.41, 5.74) is 10.6. The van der Waals surface area contributed by atoms with Crippen LogP contribution in [-0.4, -0.2) is 0 Å². The van der Waals surface area contributed by atoms with Gasteiger partial charge in [0.1, 0.15) is 0 Å². The molecule has 0 N–H and O–H groups in total. The first-order chi connectivity index (χ1) is 15.1. The van der Waals surface area contributed by atoms with Crippen molar-refractivity contribution in [3.05, 3.63) is 115 Å². The summed E-state index contributed by atoms with van der Waals surface area (Å²) < 4.78 is 1.21. The molecule has 0 fully saturated rings. The molecular formula is C28H23BrCl2. The first-order valence-electron chi connectivity index (χ1n) is 10.9. The molecule has 156 valence electrons. The van der Waals surface area contributed by atoms with E-state index in [0.29, 0.717) is 0 Å². The zero-order valence-corrected chi connectivity index (χ0v) is 20.3. The van der Waals surface area contributed by atoms with Gasteiger partial charge in [-0.25, -0.2) is 0 Å². The minimum atomic E-state index is 0.771. The lowest BCUT2D eigenvalue weighted by atomic mass is 9.85. The van der Waals surface area contributed by atoms with E-state index in [1.54, 1.807) is 0 Å². The van der Waals surface area contributed by atoms with E-state index in [9.17, 15) is 0 Å². The molecule has 0 bridgehead atoms. The van der Waals surface area contributed by atoms with E-state index in [0.717, 1.165) is 35.7 Å². The zero-order chi connectivity index (χ0) is 21.4. The van der Waals surface area contributed by atoms with Gasteiger partial charge in [-0.3, -0.25) is 0 Å². The van der Waals surface area contributed by atoms with Gasteiger partial charge in [0.2, 0.25) is 0 Å². The minimum absolute atomic E-state index is 0.771. The summed E-state index contributed by atoms with van der Waals surface area (Å²) in [6, 6.07) is 19.0. The monoisotopic (exact) mass is 508 g/mol. The second kappa shape index (κ2) is 8.98. The Morgan fingerprint density at radius 1 is 0.613 bits per heavy atom. The zero-order valence-electron chi connectivity index (χ0n) is 17.2. The van der Waals surface area contributed by atoms with Crippen LogP contribution >= 0.6 is 39.1 Å². The molecule has 0 amide bonds. The molecule has 0 atom stereocenters. The first kappa shape index (κ1) is 21.1. The van der Waals surface area contributed by atoms with Crippen LogP contribution in [0, 0.1) is 0 Å². The van der Waals surface area contributed by atoms with Gasteiger partial charge in [0.25, 0.3) is 0 Å². The standard InChI is InChI=1S/C28H23BrCl2/c29-28-26-20(5-1-3-7-24(26)18-9-13-22(30)14-10-18)17-21-6-2-4-8-25(27(21)28)19-11-15-23(31)16-12-19/h7-17H,1-6H2. The van der Waals surface area contributed by atoms with Crippen LogP contribution < -0.4 is 0 Å². The third kappa shape index (κ3) is 4.16. The number of allylic oxidation sites excluding steroid dienone is 2. The van der Waals surface area contributed by atoms with Crippen molar-refractivity contribution >= 4 is 50.3 Å². The van der Waals surface area contributed by atoms with Crippen molar-refractivity contribution in [2.45, 2.75) is 38.5 Å². The van der Waals surface area contributed by atoms with Gasteiger partial charge in [0.05, 0.1) is 0 Å². The molecule has 0 saturated carbocycles. The summed E-state index contributed by atoms with van der Waals surface area (Å²) in [4.78, 5) is 0. The summed E-state index contributed by atoms with van der Waals surface area (Å²) in [6.07, 6.45) is 11.5. The van der Waals surface area contributed by atoms with Gasteiger partial charge in [-0.15, -0.1) is 0 Å². The maximum absolute atomic E-state index is 6.18. The van der Waals surface area contributed by atoms with Crippen molar-refractivity contribution in [3.8, 4) is 0 Å². The fraction of sp³-hybridized carbons (Fsp3) is 0.214. The highest BCUT2D eigenvalue weighted by molar-refractivity contribution is 9.10. The molecule has 3 aromatic carbocycles. The third-order valence-corrected chi connectivity index (χ3v) is 7.57. The molecule has 0 spiro atoms. The van der Waals surface area contributed by atoms with Gasteiger partial charge in [-0.05, 0) is 123 Å². The summed E-state index contributed by atoms with van der Waals surface area (Å²) >= 11 is 16.5. The molecule has 2 aliphatic rings. The maximum Gasteiger partial charge on any atom is 0.0406 e. The van der Waals surface area contributed by atoms with Gasteiger partial charge in [-0.2, -0.15) is 0 Å². The molecule has 5 rings (SSSR count). The van der Waals surface area contributed by atoms with Crippen molar-refractivity contribution in [3.63, 3.8) is 0 Å². The molecule has 0 aliphatic heterocycles. The molecule has 0 unspecified atom stereocenters. The lowest BCUT2D eigenvalue weighted by molar-refractivity contribution is 0.832. The molecule has 3 heteroatoms. The lowest BCUT2D eigenvalue weighted by Gasteiger charge is -2.22. The van der Waals surface area contributed by atoms with Gasteiger partial charge >= 0.3 is 0 Å². The average Bonchev–Trinajstić information content (AvgIpc) is 3.12. The summed E-state index contributed by atoms with van der Waals surface area (Å²) in [5.74, 6) is 0. The highest BCUT2D eigenvalue weighted by Gasteiger charge is 2.24. The smallest absolute Gasteiger partial charge is 0.0406 e. The Bertz CT molecular complexity index is 1090. The third-order valence-electron chi connectivity index (χ3n) is 6.28. The Morgan fingerprint density at radius 2 is 1.03 bits per heavy atom. The Hall–Kier alpha value is -1.80. The highest BCUT2D eigenvalue weighted by Crippen LogP contribution is 2.44. The normalized spacial score (nSPS) is 15.8. The maximum atomic E-state index is 6.18. The second-order valence-electron chi connectivity index (χ2n) is 8.29. The van der Waals surface area contributed by atoms with Crippen LogP contribution in [0.5, 0.6) is 0 Å². The topological polar surface area (TPSA) is 0 Å². The van der Waals surface area contributed by atoms with Crippen molar-refractivity contribution in [2.75, 3.05) is 0 Å². The molecule has 3 aromatic rings. The Morgan fingerprint density at radius 3 is 1.45 bits per heavy atom. The van der Waals surface area contributed by atoms with E-state index in [1.165, 1.54) is 61.8 Å². The fourth-order valence-corrected chi connectivity index (χ4v) is 5.99. The first-order valence-corrected chi connectivity index (χ1v) is 12.4. The van der Waals surface area contributed by atoms with E-state index in [4.69, 9.17) is 23.2 Å². The van der Waals surface area contributed by atoms with Crippen molar-refractivity contribution in [1.29, 1.82) is 0 Å². The SMILES string of the molecule is Clc1ccc(C2=CCCCc3cc4c(c(Br)c32)C(c2ccc(Cl)cc2)=CCCC4)cc1. The van der Waals surface area contributed by atoms with E-state index in [1.807, 2.05) is 24.3 Å². The van der Waals surface area contributed by atoms with Crippen LogP contribution in [0.25, 0.3) is 11.1 Å². The number of aryl methyl sites for hydroxylation is 2. The van der Waals surface area contributed by atoms with Crippen LogP contribution in [0.15, 0.2) is 71.2 Å². The van der Waals surface area contributed by atoms with Crippen LogP contribution in [0.1, 0.15) is 59.1 Å². The molecule has 0 saturated heterocycles. The van der Waals surface area contributed by atoms with Crippen LogP contribution in [0.2, 0.25) is 10.0 Å². The fourth-order valence-electron chi connectivity index (χ4n) is 4.80. The number of hydrogen-bond acceptors (Lipinski definition) is 0. The molecule has 2 aliphatic carbocycles. The summed E-state index contributed by atoms with van der Waals surface area (Å²) in [7, 11) is 0. The number of fused-ring (bicyclic) bond motifs is 2. The number of rotatable bonds is 2. The summed E-state index contributed by atoms with van der Waals surface area (Å²) in [6.45, 7) is 0. The van der Waals surface area contributed by atoms with Crippen LogP contribution in [0.3, 0.4) is 0 Å². The van der Waals surface area contributed by atoms with Gasteiger partial charge in [0.15, 0.2) is 0 Å². The predicted molar refractivity (Wildman–Crippen MR) is 137 cm³/mol. The van der Waals surface area contributed by atoms with Crippen molar-refractivity contribution < 1.29 is 0 Å². The molecular weight excluding hydrogens is 487 g/mol. The van der Waals surface area contributed by atoms with Crippen LogP contribution in [0.4, 0.5) is 0 Å².